The largest absolute Gasteiger partial charge is 0.484 e. The molecule has 0 saturated heterocycles. The molecule has 0 atom stereocenters. The summed E-state index contributed by atoms with van der Waals surface area (Å²) in [7, 11) is 0. The summed E-state index contributed by atoms with van der Waals surface area (Å²) in [5.74, 6) is -0.446. The van der Waals surface area contributed by atoms with Gasteiger partial charge in [-0.1, -0.05) is 18.2 Å². The lowest BCUT2D eigenvalue weighted by Crippen LogP contribution is -2.19. The number of ether oxygens (including phenoxy) is 1. The molecule has 0 saturated carbocycles. The van der Waals surface area contributed by atoms with E-state index in [4.69, 9.17) is 26.5 Å². The molecule has 1 aromatic heterocycles. The van der Waals surface area contributed by atoms with Gasteiger partial charge >= 0.3 is 5.97 Å². The third kappa shape index (κ3) is 4.83. The first-order valence-corrected chi connectivity index (χ1v) is 8.71. The van der Waals surface area contributed by atoms with Crippen LogP contribution >= 0.6 is 12.2 Å². The lowest BCUT2D eigenvalue weighted by atomic mass is 10.2. The van der Waals surface area contributed by atoms with E-state index in [1.165, 1.54) is 28.9 Å². The van der Waals surface area contributed by atoms with Crippen LogP contribution in [0.3, 0.4) is 0 Å². The monoisotopic (exact) mass is 399 g/mol. The number of anilines is 1. The minimum Gasteiger partial charge on any atom is -0.484 e. The number of carbonyl (C=O) groups excluding carboxylic acids is 1. The van der Waals surface area contributed by atoms with E-state index >= 15 is 0 Å². The van der Waals surface area contributed by atoms with E-state index in [-0.39, 0.29) is 35.4 Å². The van der Waals surface area contributed by atoms with Gasteiger partial charge in [0.2, 0.25) is 5.91 Å². The fourth-order valence-electron chi connectivity index (χ4n) is 2.40. The molecule has 8 nitrogen and oxygen atoms in total. The van der Waals surface area contributed by atoms with Crippen molar-refractivity contribution >= 4 is 29.8 Å². The molecule has 0 bridgehead atoms. The number of nitrogens with zero attached hydrogens (tertiary/aromatic N) is 2. The predicted octanol–water partition coefficient (Wildman–Crippen LogP) is 3.43. The number of amides is 1. The van der Waals surface area contributed by atoms with Crippen LogP contribution in [0.4, 0.5) is 5.69 Å². The highest BCUT2D eigenvalue weighted by molar-refractivity contribution is 7.71. The van der Waals surface area contributed by atoms with Gasteiger partial charge in [0, 0.05) is 5.69 Å². The molecule has 0 spiro atoms. The first kappa shape index (κ1) is 19.3. The summed E-state index contributed by atoms with van der Waals surface area (Å²) in [5.41, 5.74) is 1.58. The van der Waals surface area contributed by atoms with Gasteiger partial charge in [-0.05, 0) is 55.0 Å². The van der Waals surface area contributed by atoms with Crippen LogP contribution in [-0.4, -0.2) is 26.8 Å². The molecule has 0 aliphatic rings. The summed E-state index contributed by atoms with van der Waals surface area (Å²) in [4.78, 5) is 23.1. The zero-order chi connectivity index (χ0) is 20.1. The van der Waals surface area contributed by atoms with Crippen LogP contribution in [0.5, 0.6) is 5.75 Å². The zero-order valence-electron chi connectivity index (χ0n) is 14.9. The number of rotatable bonds is 7. The molecular weight excluding hydrogens is 382 g/mol. The Balaban J connectivity index is 1.60. The molecule has 3 rings (SSSR count). The normalized spacial score (nSPS) is 10.5. The lowest BCUT2D eigenvalue weighted by molar-refractivity contribution is -0.117. The van der Waals surface area contributed by atoms with Crippen molar-refractivity contribution in [3.05, 3.63) is 70.4 Å². The van der Waals surface area contributed by atoms with Crippen LogP contribution in [0, 0.1) is 11.8 Å². The summed E-state index contributed by atoms with van der Waals surface area (Å²) in [6.45, 7) is 1.87. The summed E-state index contributed by atoms with van der Waals surface area (Å²) in [5, 5.41) is 15.7. The third-order valence-electron chi connectivity index (χ3n) is 3.80. The van der Waals surface area contributed by atoms with Gasteiger partial charge in [0.15, 0.2) is 6.61 Å². The van der Waals surface area contributed by atoms with Crippen LogP contribution in [0.25, 0.3) is 0 Å². The van der Waals surface area contributed by atoms with Crippen molar-refractivity contribution in [3.8, 4) is 5.75 Å². The van der Waals surface area contributed by atoms with Crippen molar-refractivity contribution < 1.29 is 23.8 Å². The Morgan fingerprint density at radius 1 is 1.21 bits per heavy atom. The van der Waals surface area contributed by atoms with Crippen molar-refractivity contribution in [1.29, 1.82) is 0 Å². The standard InChI is InChI=1S/C19H17N3O5S/c1-12-4-2-3-5-15(12)26-11-17-21-22(19(28)27-17)10-16(23)20-14-8-6-13(7-9-14)18(24)25/h2-9H,10-11H2,1H3,(H,20,23)(H,24,25). The van der Waals surface area contributed by atoms with E-state index in [0.29, 0.717) is 11.4 Å². The van der Waals surface area contributed by atoms with Gasteiger partial charge in [-0.2, -0.15) is 0 Å². The summed E-state index contributed by atoms with van der Waals surface area (Å²) in [6.07, 6.45) is 0. The van der Waals surface area contributed by atoms with E-state index in [1.54, 1.807) is 0 Å². The Hall–Kier alpha value is -3.46. The molecule has 3 aromatic rings. The topological polar surface area (TPSA) is 107 Å². The van der Waals surface area contributed by atoms with Gasteiger partial charge in [0.1, 0.15) is 12.3 Å². The molecule has 2 aromatic carbocycles. The predicted molar refractivity (Wildman–Crippen MR) is 103 cm³/mol. The zero-order valence-corrected chi connectivity index (χ0v) is 15.7. The van der Waals surface area contributed by atoms with E-state index in [1.807, 2.05) is 31.2 Å². The van der Waals surface area contributed by atoms with Gasteiger partial charge in [0.25, 0.3) is 10.7 Å². The number of hydrogen-bond acceptors (Lipinski definition) is 6. The van der Waals surface area contributed by atoms with Gasteiger partial charge in [-0.3, -0.25) is 4.79 Å². The van der Waals surface area contributed by atoms with E-state index < -0.39 is 5.97 Å². The number of nitrogens with one attached hydrogen (secondary N) is 1. The Morgan fingerprint density at radius 2 is 1.93 bits per heavy atom. The van der Waals surface area contributed by atoms with E-state index in [0.717, 1.165) is 5.56 Å². The summed E-state index contributed by atoms with van der Waals surface area (Å²) in [6, 6.07) is 13.4. The number of carboxylic acid groups (broad SMARTS) is 1. The van der Waals surface area contributed by atoms with Crippen molar-refractivity contribution in [2.45, 2.75) is 20.1 Å². The summed E-state index contributed by atoms with van der Waals surface area (Å²) >= 11 is 5.09. The number of aromatic nitrogens is 2. The number of carboxylic acids is 1. The molecule has 1 amide bonds. The number of carbonyl (C=O) groups is 2. The minimum atomic E-state index is -1.03. The van der Waals surface area contributed by atoms with Gasteiger partial charge < -0.3 is 19.6 Å². The van der Waals surface area contributed by atoms with E-state index in [9.17, 15) is 9.59 Å². The number of benzene rings is 2. The second-order valence-electron chi connectivity index (χ2n) is 5.90. The maximum absolute atomic E-state index is 12.2. The molecule has 1 heterocycles. The molecule has 28 heavy (non-hydrogen) atoms. The average molecular weight is 399 g/mol. The van der Waals surface area contributed by atoms with Crippen LogP contribution in [-0.2, 0) is 17.9 Å². The summed E-state index contributed by atoms with van der Waals surface area (Å²) < 4.78 is 12.3. The first-order chi connectivity index (χ1) is 13.4. The van der Waals surface area contributed by atoms with Crippen molar-refractivity contribution in [2.75, 3.05) is 5.32 Å². The van der Waals surface area contributed by atoms with Gasteiger partial charge in [-0.25, -0.2) is 9.48 Å². The van der Waals surface area contributed by atoms with Gasteiger partial charge in [-0.15, -0.1) is 5.10 Å². The quantitative estimate of drug-likeness (QED) is 0.586. The first-order valence-electron chi connectivity index (χ1n) is 8.31. The number of hydrogen-bond donors (Lipinski definition) is 2. The van der Waals surface area contributed by atoms with Crippen LogP contribution in [0.2, 0.25) is 0 Å². The lowest BCUT2D eigenvalue weighted by Gasteiger charge is -2.06. The molecule has 144 valence electrons. The van der Waals surface area contributed by atoms with Crippen LogP contribution in [0.15, 0.2) is 52.9 Å². The molecule has 0 aliphatic heterocycles. The molecule has 9 heteroatoms. The molecular formula is C19H17N3O5S. The Kier molecular flexibility index (Phi) is 5.85. The van der Waals surface area contributed by atoms with Crippen LogP contribution < -0.4 is 10.1 Å². The third-order valence-corrected chi connectivity index (χ3v) is 4.10. The second-order valence-corrected chi connectivity index (χ2v) is 6.25. The average Bonchev–Trinajstić information content (AvgIpc) is 3.01. The van der Waals surface area contributed by atoms with Crippen molar-refractivity contribution in [3.63, 3.8) is 0 Å². The maximum Gasteiger partial charge on any atom is 0.335 e. The maximum atomic E-state index is 12.2. The van der Waals surface area contributed by atoms with Crippen molar-refractivity contribution in [1.82, 2.24) is 9.78 Å². The fourth-order valence-corrected chi connectivity index (χ4v) is 2.60. The van der Waals surface area contributed by atoms with Crippen LogP contribution in [0.1, 0.15) is 21.8 Å². The van der Waals surface area contributed by atoms with Crippen molar-refractivity contribution in [2.24, 2.45) is 0 Å². The number of aryl methyl sites for hydroxylation is 1. The SMILES string of the molecule is Cc1ccccc1OCc1nn(CC(=O)Nc2ccc(C(=O)O)cc2)c(=S)o1. The Labute approximate surface area is 165 Å². The highest BCUT2D eigenvalue weighted by Crippen LogP contribution is 2.17. The fraction of sp³-hybridized carbons (Fsp3) is 0.158. The highest BCUT2D eigenvalue weighted by atomic mass is 32.1. The molecule has 2 N–H and O–H groups in total. The Bertz CT molecular complexity index is 1060. The van der Waals surface area contributed by atoms with E-state index in [2.05, 4.69) is 10.4 Å². The molecule has 0 aliphatic carbocycles. The smallest absolute Gasteiger partial charge is 0.335 e. The highest BCUT2D eigenvalue weighted by Gasteiger charge is 2.11. The molecule has 0 fully saturated rings. The second kappa shape index (κ2) is 8.49. The van der Waals surface area contributed by atoms with Gasteiger partial charge in [0.05, 0.1) is 5.56 Å². The Morgan fingerprint density at radius 3 is 2.61 bits per heavy atom. The minimum absolute atomic E-state index is 0.0553. The molecule has 0 unspecified atom stereocenters. The number of aromatic carboxylic acids is 1. The molecule has 0 radical (unpaired) electrons. The number of para-hydroxylation sites is 1.